The molecule has 5 nitrogen and oxygen atoms in total. The minimum Gasteiger partial charge on any atom is -0.337 e. The maximum absolute atomic E-state index is 12.7. The number of carbonyl (C=O) groups excluding carboxylic acids is 1. The summed E-state index contributed by atoms with van der Waals surface area (Å²) in [5.74, 6) is 0.134. The van der Waals surface area contributed by atoms with Crippen LogP contribution in [0.1, 0.15) is 29.6 Å². The van der Waals surface area contributed by atoms with Crippen molar-refractivity contribution in [3.05, 3.63) is 36.3 Å². The van der Waals surface area contributed by atoms with Crippen molar-refractivity contribution in [1.82, 2.24) is 19.6 Å². The topological polar surface area (TPSA) is 49.6 Å². The van der Waals surface area contributed by atoms with E-state index in [4.69, 9.17) is 0 Å². The van der Waals surface area contributed by atoms with E-state index < -0.39 is 0 Å². The number of rotatable bonds is 1. The summed E-state index contributed by atoms with van der Waals surface area (Å²) in [5, 5.41) is 3.61. The van der Waals surface area contributed by atoms with Gasteiger partial charge >= 0.3 is 0 Å². The van der Waals surface area contributed by atoms with Gasteiger partial charge in [0.05, 0.1) is 5.56 Å². The molecule has 2 aliphatic rings. The highest BCUT2D eigenvalue weighted by molar-refractivity contribution is 5.94. The molecule has 0 aliphatic carbocycles. The zero-order valence-electron chi connectivity index (χ0n) is 11.3. The quantitative estimate of drug-likeness (QED) is 0.850. The maximum atomic E-state index is 12.7. The fourth-order valence-corrected chi connectivity index (χ4v) is 3.36. The summed E-state index contributed by atoms with van der Waals surface area (Å²) in [5.41, 5.74) is 1.62. The number of carbonyl (C=O) groups is 1. The lowest BCUT2D eigenvalue weighted by Crippen LogP contribution is -2.39. The number of hydrogen-bond donors (Lipinski definition) is 1. The van der Waals surface area contributed by atoms with Gasteiger partial charge in [0.15, 0.2) is 0 Å². The van der Waals surface area contributed by atoms with Gasteiger partial charge in [-0.1, -0.05) is 0 Å². The van der Waals surface area contributed by atoms with Crippen LogP contribution in [0.3, 0.4) is 0 Å². The molecular formula is C15H18N4O. The largest absolute Gasteiger partial charge is 0.337 e. The van der Waals surface area contributed by atoms with Gasteiger partial charge in [-0.15, -0.1) is 0 Å². The Morgan fingerprint density at radius 3 is 3.10 bits per heavy atom. The fraction of sp³-hybridized carbons (Fsp3) is 0.467. The Balaban J connectivity index is 1.59. The zero-order chi connectivity index (χ0) is 13.5. The zero-order valence-corrected chi connectivity index (χ0v) is 11.3. The molecule has 0 saturated carbocycles. The normalized spacial score (nSPS) is 25.9. The molecule has 2 saturated heterocycles. The Kier molecular flexibility index (Phi) is 2.73. The molecule has 2 aliphatic heterocycles. The van der Waals surface area contributed by atoms with E-state index in [1.165, 1.54) is 12.8 Å². The molecule has 4 heterocycles. The second-order valence-corrected chi connectivity index (χ2v) is 5.79. The van der Waals surface area contributed by atoms with E-state index in [0.717, 1.165) is 30.7 Å². The first-order valence-corrected chi connectivity index (χ1v) is 7.28. The van der Waals surface area contributed by atoms with Crippen molar-refractivity contribution in [1.29, 1.82) is 0 Å². The SMILES string of the molecule is O=C(c1ccc2nccn2c1)N1CCC2CCC(C1)N2. The van der Waals surface area contributed by atoms with Crippen LogP contribution in [0.4, 0.5) is 0 Å². The van der Waals surface area contributed by atoms with Gasteiger partial charge < -0.3 is 14.6 Å². The Bertz CT molecular complexity index is 650. The standard InChI is InChI=1S/C15H18N4O/c20-15(11-1-4-14-16-6-8-18(14)9-11)19-7-5-12-2-3-13(10-19)17-12/h1,4,6,8-9,12-13,17H,2-3,5,7,10H2. The molecule has 1 N–H and O–H groups in total. The maximum Gasteiger partial charge on any atom is 0.255 e. The number of likely N-dealkylation sites (tertiary alicyclic amines) is 1. The van der Waals surface area contributed by atoms with Gasteiger partial charge in [0.1, 0.15) is 5.65 Å². The highest BCUT2D eigenvalue weighted by Crippen LogP contribution is 2.21. The average molecular weight is 270 g/mol. The molecule has 2 aromatic rings. The summed E-state index contributed by atoms with van der Waals surface area (Å²) in [6.07, 6.45) is 9.01. The molecule has 1 amide bonds. The third kappa shape index (κ3) is 1.98. The minimum absolute atomic E-state index is 0.134. The summed E-state index contributed by atoms with van der Waals surface area (Å²) >= 11 is 0. The molecule has 0 spiro atoms. The van der Waals surface area contributed by atoms with Crippen LogP contribution in [0.25, 0.3) is 5.65 Å². The van der Waals surface area contributed by atoms with Crippen LogP contribution >= 0.6 is 0 Å². The third-order valence-corrected chi connectivity index (χ3v) is 4.45. The minimum atomic E-state index is 0.134. The van der Waals surface area contributed by atoms with Crippen LogP contribution in [-0.2, 0) is 0 Å². The van der Waals surface area contributed by atoms with E-state index in [-0.39, 0.29) is 5.91 Å². The van der Waals surface area contributed by atoms with Crippen molar-refractivity contribution in [3.63, 3.8) is 0 Å². The van der Waals surface area contributed by atoms with Crippen LogP contribution < -0.4 is 5.32 Å². The first kappa shape index (κ1) is 11.9. The number of nitrogens with zero attached hydrogens (tertiary/aromatic N) is 3. The lowest BCUT2D eigenvalue weighted by atomic mass is 10.1. The highest BCUT2D eigenvalue weighted by atomic mass is 16.2. The summed E-state index contributed by atoms with van der Waals surface area (Å²) in [6, 6.07) is 4.86. The number of amides is 1. The molecule has 2 atom stereocenters. The summed E-state index contributed by atoms with van der Waals surface area (Å²) in [6.45, 7) is 1.69. The predicted octanol–water partition coefficient (Wildman–Crippen LogP) is 1.30. The van der Waals surface area contributed by atoms with Crippen LogP contribution in [0.15, 0.2) is 30.7 Å². The predicted molar refractivity (Wildman–Crippen MR) is 75.7 cm³/mol. The van der Waals surface area contributed by atoms with Crippen molar-refractivity contribution < 1.29 is 4.79 Å². The molecule has 2 fully saturated rings. The average Bonchev–Trinajstić information content (AvgIpc) is 3.03. The van der Waals surface area contributed by atoms with Crippen LogP contribution in [0.2, 0.25) is 0 Å². The molecule has 0 radical (unpaired) electrons. The summed E-state index contributed by atoms with van der Waals surface area (Å²) in [7, 11) is 0. The van der Waals surface area contributed by atoms with E-state index in [0.29, 0.717) is 12.1 Å². The Morgan fingerprint density at radius 2 is 2.15 bits per heavy atom. The highest BCUT2D eigenvalue weighted by Gasteiger charge is 2.31. The summed E-state index contributed by atoms with van der Waals surface area (Å²) in [4.78, 5) is 18.9. The molecule has 4 rings (SSSR count). The number of aromatic nitrogens is 2. The van der Waals surface area contributed by atoms with Gasteiger partial charge in [-0.05, 0) is 31.4 Å². The Morgan fingerprint density at radius 1 is 1.25 bits per heavy atom. The number of pyridine rings is 1. The number of hydrogen-bond acceptors (Lipinski definition) is 3. The third-order valence-electron chi connectivity index (χ3n) is 4.45. The van der Waals surface area contributed by atoms with Crippen molar-refractivity contribution >= 4 is 11.6 Å². The van der Waals surface area contributed by atoms with E-state index in [1.54, 1.807) is 6.20 Å². The van der Waals surface area contributed by atoms with Crippen molar-refractivity contribution in [3.8, 4) is 0 Å². The Hall–Kier alpha value is -1.88. The van der Waals surface area contributed by atoms with Gasteiger partial charge in [0, 0.05) is 43.8 Å². The molecular weight excluding hydrogens is 252 g/mol. The van der Waals surface area contributed by atoms with E-state index in [9.17, 15) is 4.79 Å². The second kappa shape index (κ2) is 4.59. The van der Waals surface area contributed by atoms with E-state index in [2.05, 4.69) is 10.3 Å². The van der Waals surface area contributed by atoms with Gasteiger partial charge in [0.2, 0.25) is 0 Å². The molecule has 2 bridgehead atoms. The Labute approximate surface area is 117 Å². The molecule has 2 aromatic heterocycles. The number of fused-ring (bicyclic) bond motifs is 3. The van der Waals surface area contributed by atoms with E-state index in [1.807, 2.05) is 33.8 Å². The molecule has 0 aromatic carbocycles. The van der Waals surface area contributed by atoms with Crippen LogP contribution in [0.5, 0.6) is 0 Å². The molecule has 20 heavy (non-hydrogen) atoms. The second-order valence-electron chi connectivity index (χ2n) is 5.79. The monoisotopic (exact) mass is 270 g/mol. The van der Waals surface area contributed by atoms with Crippen LogP contribution in [0, 0.1) is 0 Å². The summed E-state index contributed by atoms with van der Waals surface area (Å²) < 4.78 is 1.90. The lowest BCUT2D eigenvalue weighted by molar-refractivity contribution is 0.0747. The van der Waals surface area contributed by atoms with Crippen molar-refractivity contribution in [2.24, 2.45) is 0 Å². The first-order chi connectivity index (χ1) is 9.79. The smallest absolute Gasteiger partial charge is 0.255 e. The van der Waals surface area contributed by atoms with Crippen LogP contribution in [-0.4, -0.2) is 45.4 Å². The van der Waals surface area contributed by atoms with Gasteiger partial charge in [-0.3, -0.25) is 4.79 Å². The molecule has 5 heteroatoms. The fourth-order valence-electron chi connectivity index (χ4n) is 3.36. The van der Waals surface area contributed by atoms with E-state index >= 15 is 0 Å². The lowest BCUT2D eigenvalue weighted by Gasteiger charge is -2.24. The molecule has 2 unspecified atom stereocenters. The number of nitrogens with one attached hydrogen (secondary N) is 1. The van der Waals surface area contributed by atoms with Crippen molar-refractivity contribution in [2.75, 3.05) is 13.1 Å². The van der Waals surface area contributed by atoms with Crippen molar-refractivity contribution in [2.45, 2.75) is 31.3 Å². The van der Waals surface area contributed by atoms with Gasteiger partial charge in [-0.2, -0.15) is 0 Å². The van der Waals surface area contributed by atoms with Gasteiger partial charge in [-0.25, -0.2) is 4.98 Å². The van der Waals surface area contributed by atoms with Gasteiger partial charge in [0.25, 0.3) is 5.91 Å². The first-order valence-electron chi connectivity index (χ1n) is 7.28. The molecule has 104 valence electrons. The number of imidazole rings is 1.